The van der Waals surface area contributed by atoms with Crippen LogP contribution in [0, 0.1) is 12.8 Å². The van der Waals surface area contributed by atoms with E-state index in [2.05, 4.69) is 19.1 Å². The van der Waals surface area contributed by atoms with Gasteiger partial charge in [-0.25, -0.2) is 0 Å². The molecule has 3 heteroatoms. The molecule has 2 aromatic rings. The van der Waals surface area contributed by atoms with Crippen LogP contribution in [-0.2, 0) is 12.8 Å². The van der Waals surface area contributed by atoms with Crippen LogP contribution in [0.4, 0.5) is 0 Å². The van der Waals surface area contributed by atoms with E-state index in [4.69, 9.17) is 23.2 Å². The highest BCUT2D eigenvalue weighted by molar-refractivity contribution is 6.35. The Morgan fingerprint density at radius 2 is 1.60 bits per heavy atom. The van der Waals surface area contributed by atoms with Gasteiger partial charge in [0.25, 0.3) is 0 Å². The molecular weight excluding hydrogens is 291 g/mol. The van der Waals surface area contributed by atoms with Crippen molar-refractivity contribution in [2.45, 2.75) is 19.8 Å². The average molecular weight is 309 g/mol. The Labute approximate surface area is 130 Å². The van der Waals surface area contributed by atoms with Crippen molar-refractivity contribution in [3.05, 3.63) is 69.2 Å². The maximum Gasteiger partial charge on any atom is 0.0465 e. The number of rotatable bonds is 5. The molecule has 0 saturated carbocycles. The van der Waals surface area contributed by atoms with Crippen LogP contribution < -0.4 is 0 Å². The first-order valence-electron chi connectivity index (χ1n) is 6.70. The summed E-state index contributed by atoms with van der Waals surface area (Å²) in [7, 11) is 0. The molecule has 0 aliphatic rings. The summed E-state index contributed by atoms with van der Waals surface area (Å²) >= 11 is 12.4. The molecule has 2 aromatic carbocycles. The van der Waals surface area contributed by atoms with Gasteiger partial charge < -0.3 is 5.11 Å². The maximum absolute atomic E-state index is 9.64. The lowest BCUT2D eigenvalue weighted by atomic mass is 9.91. The van der Waals surface area contributed by atoms with Crippen LogP contribution in [0.5, 0.6) is 0 Å². The first kappa shape index (κ1) is 15.4. The fourth-order valence-electron chi connectivity index (χ4n) is 2.37. The number of halogens is 2. The highest BCUT2D eigenvalue weighted by atomic mass is 35.5. The zero-order valence-electron chi connectivity index (χ0n) is 11.4. The van der Waals surface area contributed by atoms with E-state index in [-0.39, 0.29) is 12.5 Å². The fourth-order valence-corrected chi connectivity index (χ4v) is 2.92. The lowest BCUT2D eigenvalue weighted by Gasteiger charge is -2.17. The van der Waals surface area contributed by atoms with Crippen molar-refractivity contribution in [3.63, 3.8) is 0 Å². The first-order valence-corrected chi connectivity index (χ1v) is 7.45. The Bertz CT molecular complexity index is 561. The normalized spacial score (nSPS) is 12.4. The average Bonchev–Trinajstić information content (AvgIpc) is 2.44. The molecule has 0 spiro atoms. The fraction of sp³-hybridized carbons (Fsp3) is 0.294. The van der Waals surface area contributed by atoms with Gasteiger partial charge in [0.05, 0.1) is 0 Å². The van der Waals surface area contributed by atoms with Gasteiger partial charge >= 0.3 is 0 Å². The second-order valence-electron chi connectivity index (χ2n) is 5.08. The van der Waals surface area contributed by atoms with Gasteiger partial charge in [-0.1, -0.05) is 53.5 Å². The molecule has 0 aliphatic carbocycles. The van der Waals surface area contributed by atoms with Crippen LogP contribution in [0.2, 0.25) is 10.0 Å². The van der Waals surface area contributed by atoms with Gasteiger partial charge in [-0.3, -0.25) is 0 Å². The van der Waals surface area contributed by atoms with Gasteiger partial charge in [0.1, 0.15) is 0 Å². The van der Waals surface area contributed by atoms with E-state index in [1.807, 2.05) is 30.3 Å². The molecule has 0 fully saturated rings. The number of benzene rings is 2. The summed E-state index contributed by atoms with van der Waals surface area (Å²) in [5.74, 6) is 0.119. The molecule has 0 radical (unpaired) electrons. The quantitative estimate of drug-likeness (QED) is 0.849. The molecule has 2 rings (SSSR count). The monoisotopic (exact) mass is 308 g/mol. The van der Waals surface area contributed by atoms with Gasteiger partial charge in [0.2, 0.25) is 0 Å². The van der Waals surface area contributed by atoms with E-state index in [9.17, 15) is 5.11 Å². The molecule has 106 valence electrons. The van der Waals surface area contributed by atoms with Gasteiger partial charge in [-0.05, 0) is 54.5 Å². The molecule has 1 nitrogen and oxygen atoms in total. The van der Waals surface area contributed by atoms with Crippen LogP contribution in [0.15, 0.2) is 42.5 Å². The minimum atomic E-state index is 0.119. The third-order valence-corrected chi connectivity index (χ3v) is 4.29. The molecule has 1 unspecified atom stereocenters. The van der Waals surface area contributed by atoms with Gasteiger partial charge in [-0.15, -0.1) is 0 Å². The van der Waals surface area contributed by atoms with Crippen LogP contribution in [0.1, 0.15) is 16.7 Å². The Morgan fingerprint density at radius 3 is 2.20 bits per heavy atom. The summed E-state index contributed by atoms with van der Waals surface area (Å²) in [4.78, 5) is 0. The van der Waals surface area contributed by atoms with Crippen molar-refractivity contribution in [1.82, 2.24) is 0 Å². The third-order valence-electron chi connectivity index (χ3n) is 3.58. The zero-order valence-corrected chi connectivity index (χ0v) is 13.0. The Morgan fingerprint density at radius 1 is 0.950 bits per heavy atom. The van der Waals surface area contributed by atoms with Gasteiger partial charge in [0.15, 0.2) is 0 Å². The molecule has 0 heterocycles. The summed E-state index contributed by atoms with van der Waals surface area (Å²) in [6.45, 7) is 2.21. The molecule has 20 heavy (non-hydrogen) atoms. The van der Waals surface area contributed by atoms with Crippen molar-refractivity contribution in [3.8, 4) is 0 Å². The second-order valence-corrected chi connectivity index (χ2v) is 5.90. The second kappa shape index (κ2) is 7.12. The molecule has 0 amide bonds. The Kier molecular flexibility index (Phi) is 5.47. The van der Waals surface area contributed by atoms with Crippen LogP contribution in [-0.4, -0.2) is 11.7 Å². The van der Waals surface area contributed by atoms with Crippen LogP contribution in [0.3, 0.4) is 0 Å². The Balaban J connectivity index is 2.16. The number of aliphatic hydroxyl groups is 1. The Hall–Kier alpha value is -1.02. The summed E-state index contributed by atoms with van der Waals surface area (Å²) in [6.07, 6.45) is 1.51. The van der Waals surface area contributed by atoms with E-state index in [1.165, 1.54) is 11.1 Å². The van der Waals surface area contributed by atoms with E-state index < -0.39 is 0 Å². The number of aliphatic hydroxyl groups excluding tert-OH is 1. The van der Waals surface area contributed by atoms with Crippen molar-refractivity contribution < 1.29 is 5.11 Å². The van der Waals surface area contributed by atoms with E-state index in [0.717, 1.165) is 12.0 Å². The van der Waals surface area contributed by atoms with Crippen molar-refractivity contribution in [2.75, 3.05) is 6.61 Å². The summed E-state index contributed by atoms with van der Waals surface area (Å²) in [5, 5.41) is 11.0. The van der Waals surface area contributed by atoms with Crippen molar-refractivity contribution in [2.24, 2.45) is 5.92 Å². The van der Waals surface area contributed by atoms with Crippen molar-refractivity contribution >= 4 is 23.2 Å². The van der Waals surface area contributed by atoms with E-state index >= 15 is 0 Å². The topological polar surface area (TPSA) is 20.2 Å². The van der Waals surface area contributed by atoms with Crippen LogP contribution >= 0.6 is 23.2 Å². The number of hydrogen-bond acceptors (Lipinski definition) is 1. The molecule has 0 bridgehead atoms. The van der Waals surface area contributed by atoms with E-state index in [0.29, 0.717) is 16.5 Å². The van der Waals surface area contributed by atoms with E-state index in [1.54, 1.807) is 0 Å². The standard InChI is InChI=1S/C17H18Cl2O/c1-12-5-2-3-6-14(12)9-13(11-20)10-15-16(18)7-4-8-17(15)19/h2-8,13,20H,9-11H2,1H3. The highest BCUT2D eigenvalue weighted by Crippen LogP contribution is 2.28. The lowest BCUT2D eigenvalue weighted by Crippen LogP contribution is -2.14. The summed E-state index contributed by atoms with van der Waals surface area (Å²) in [6, 6.07) is 13.8. The molecule has 1 N–H and O–H groups in total. The minimum Gasteiger partial charge on any atom is -0.396 e. The third kappa shape index (κ3) is 3.76. The summed E-state index contributed by atoms with van der Waals surface area (Å²) in [5.41, 5.74) is 3.43. The maximum atomic E-state index is 9.64. The molecule has 0 aromatic heterocycles. The number of hydrogen-bond donors (Lipinski definition) is 1. The highest BCUT2D eigenvalue weighted by Gasteiger charge is 2.15. The number of aryl methyl sites for hydroxylation is 1. The summed E-state index contributed by atoms with van der Waals surface area (Å²) < 4.78 is 0. The van der Waals surface area contributed by atoms with Gasteiger partial charge in [0, 0.05) is 16.7 Å². The largest absolute Gasteiger partial charge is 0.396 e. The molecular formula is C17H18Cl2O. The predicted octanol–water partition coefficient (Wildman–Crippen LogP) is 4.70. The van der Waals surface area contributed by atoms with Crippen molar-refractivity contribution in [1.29, 1.82) is 0 Å². The SMILES string of the molecule is Cc1ccccc1CC(CO)Cc1c(Cl)cccc1Cl. The predicted molar refractivity (Wildman–Crippen MR) is 85.6 cm³/mol. The smallest absolute Gasteiger partial charge is 0.0465 e. The first-order chi connectivity index (χ1) is 9.61. The lowest BCUT2D eigenvalue weighted by molar-refractivity contribution is 0.225. The molecule has 1 atom stereocenters. The zero-order chi connectivity index (χ0) is 14.5. The molecule has 0 aliphatic heterocycles. The van der Waals surface area contributed by atoms with Gasteiger partial charge in [-0.2, -0.15) is 0 Å². The minimum absolute atomic E-state index is 0.119. The molecule has 0 saturated heterocycles. The van der Waals surface area contributed by atoms with Crippen LogP contribution in [0.25, 0.3) is 0 Å².